The van der Waals surface area contributed by atoms with E-state index in [1.165, 1.54) is 0 Å². The second-order valence-electron chi connectivity index (χ2n) is 4.55. The van der Waals surface area contributed by atoms with Gasteiger partial charge in [-0.25, -0.2) is 0 Å². The van der Waals surface area contributed by atoms with E-state index in [1.807, 2.05) is 18.2 Å². The van der Waals surface area contributed by atoms with Gasteiger partial charge in [-0.3, -0.25) is 0 Å². The summed E-state index contributed by atoms with van der Waals surface area (Å²) in [5, 5.41) is 0. The largest absolute Gasteiger partial charge is 0.497 e. The number of ether oxygens (including phenoxy) is 2. The molecule has 1 aromatic rings. The van der Waals surface area contributed by atoms with Crippen molar-refractivity contribution < 1.29 is 9.47 Å². The summed E-state index contributed by atoms with van der Waals surface area (Å²) in [4.78, 5) is 1.06. The lowest BCUT2D eigenvalue weighted by molar-refractivity contribution is 0.138. The van der Waals surface area contributed by atoms with E-state index in [0.717, 1.165) is 41.7 Å². The van der Waals surface area contributed by atoms with E-state index in [9.17, 15) is 0 Å². The maximum atomic E-state index is 5.91. The highest BCUT2D eigenvalue weighted by atomic mass is 32.2. The first-order valence-electron chi connectivity index (χ1n) is 6.27. The molecule has 3 nitrogen and oxygen atoms in total. The molecule has 2 N–H and O–H groups in total. The highest BCUT2D eigenvalue weighted by Crippen LogP contribution is 2.28. The van der Waals surface area contributed by atoms with Crippen LogP contribution in [0.1, 0.15) is 20.3 Å². The summed E-state index contributed by atoms with van der Waals surface area (Å²) < 4.78 is 10.8. The molecular weight excluding hydrogens is 246 g/mol. The molecule has 0 fully saturated rings. The van der Waals surface area contributed by atoms with Gasteiger partial charge in [-0.05, 0) is 30.5 Å². The third-order valence-corrected chi connectivity index (χ3v) is 3.58. The third-order valence-electron chi connectivity index (χ3n) is 2.55. The lowest BCUT2D eigenvalue weighted by Gasteiger charge is -2.09. The lowest BCUT2D eigenvalue weighted by atomic mass is 10.1. The summed E-state index contributed by atoms with van der Waals surface area (Å²) in [7, 11) is 1.66. The summed E-state index contributed by atoms with van der Waals surface area (Å²) in [6.45, 7) is 6.00. The lowest BCUT2D eigenvalue weighted by Crippen LogP contribution is -2.02. The molecule has 0 amide bonds. The first-order valence-corrected chi connectivity index (χ1v) is 7.26. The Hall–Kier alpha value is -0.870. The van der Waals surface area contributed by atoms with Crippen molar-refractivity contribution in [3.63, 3.8) is 0 Å². The summed E-state index contributed by atoms with van der Waals surface area (Å²) >= 11 is 1.71. The van der Waals surface area contributed by atoms with Gasteiger partial charge in [0.2, 0.25) is 0 Å². The van der Waals surface area contributed by atoms with Crippen molar-refractivity contribution in [1.82, 2.24) is 0 Å². The topological polar surface area (TPSA) is 44.5 Å². The van der Waals surface area contributed by atoms with E-state index in [2.05, 4.69) is 13.8 Å². The normalized spacial score (nSPS) is 10.9. The van der Waals surface area contributed by atoms with Crippen LogP contribution in [0, 0.1) is 5.92 Å². The van der Waals surface area contributed by atoms with Crippen molar-refractivity contribution in [2.24, 2.45) is 5.92 Å². The number of nitrogens with two attached hydrogens (primary N) is 1. The fourth-order valence-electron chi connectivity index (χ4n) is 1.40. The van der Waals surface area contributed by atoms with Crippen molar-refractivity contribution in [2.45, 2.75) is 25.2 Å². The zero-order chi connectivity index (χ0) is 13.4. The Kier molecular flexibility index (Phi) is 6.98. The van der Waals surface area contributed by atoms with Crippen LogP contribution in [0.15, 0.2) is 23.1 Å². The van der Waals surface area contributed by atoms with Crippen LogP contribution in [0.5, 0.6) is 5.75 Å². The number of nitrogen functional groups attached to an aromatic ring is 1. The molecule has 1 rings (SSSR count). The van der Waals surface area contributed by atoms with E-state index < -0.39 is 0 Å². The molecule has 0 aliphatic heterocycles. The van der Waals surface area contributed by atoms with Gasteiger partial charge in [0.25, 0.3) is 0 Å². The summed E-state index contributed by atoms with van der Waals surface area (Å²) in [5.74, 6) is 2.45. The van der Waals surface area contributed by atoms with Crippen LogP contribution in [0.4, 0.5) is 5.69 Å². The Balaban J connectivity index is 2.26. The predicted molar refractivity (Wildman–Crippen MR) is 78.4 cm³/mol. The van der Waals surface area contributed by atoms with Crippen molar-refractivity contribution >= 4 is 17.4 Å². The fraction of sp³-hybridized carbons (Fsp3) is 0.571. The fourth-order valence-corrected chi connectivity index (χ4v) is 2.25. The SMILES string of the molecule is COc1ccc(N)c(SCCOCCC(C)C)c1. The molecular formula is C14H23NO2S. The van der Waals surface area contributed by atoms with E-state index in [4.69, 9.17) is 15.2 Å². The van der Waals surface area contributed by atoms with Gasteiger partial charge in [-0.15, -0.1) is 11.8 Å². The molecule has 0 spiro atoms. The monoisotopic (exact) mass is 269 g/mol. The maximum Gasteiger partial charge on any atom is 0.120 e. The van der Waals surface area contributed by atoms with E-state index in [0.29, 0.717) is 5.92 Å². The number of thioether (sulfide) groups is 1. The molecule has 0 atom stereocenters. The smallest absolute Gasteiger partial charge is 0.120 e. The Bertz CT molecular complexity index is 356. The number of hydrogen-bond donors (Lipinski definition) is 1. The van der Waals surface area contributed by atoms with Crippen LogP contribution in [0.2, 0.25) is 0 Å². The van der Waals surface area contributed by atoms with E-state index >= 15 is 0 Å². The van der Waals surface area contributed by atoms with Crippen molar-refractivity contribution in [3.05, 3.63) is 18.2 Å². The molecule has 0 aliphatic rings. The molecule has 102 valence electrons. The second kappa shape index (κ2) is 8.27. The number of methoxy groups -OCH3 is 1. The van der Waals surface area contributed by atoms with Gasteiger partial charge >= 0.3 is 0 Å². The zero-order valence-electron chi connectivity index (χ0n) is 11.4. The Morgan fingerprint density at radius 3 is 2.72 bits per heavy atom. The van der Waals surface area contributed by atoms with Crippen molar-refractivity contribution in [3.8, 4) is 5.75 Å². The molecule has 0 aromatic heterocycles. The zero-order valence-corrected chi connectivity index (χ0v) is 12.3. The van der Waals surface area contributed by atoms with Crippen LogP contribution in [0.25, 0.3) is 0 Å². The van der Waals surface area contributed by atoms with Gasteiger partial charge in [0.1, 0.15) is 5.75 Å². The molecule has 0 bridgehead atoms. The van der Waals surface area contributed by atoms with Crippen molar-refractivity contribution in [2.75, 3.05) is 31.8 Å². The van der Waals surface area contributed by atoms with Crippen molar-refractivity contribution in [1.29, 1.82) is 0 Å². The highest BCUT2D eigenvalue weighted by molar-refractivity contribution is 7.99. The molecule has 1 aromatic carbocycles. The van der Waals surface area contributed by atoms with Gasteiger partial charge in [-0.2, -0.15) is 0 Å². The second-order valence-corrected chi connectivity index (χ2v) is 5.68. The number of hydrogen-bond acceptors (Lipinski definition) is 4. The van der Waals surface area contributed by atoms with Crippen LogP contribution < -0.4 is 10.5 Å². The molecule has 4 heteroatoms. The van der Waals surface area contributed by atoms with Gasteiger partial charge in [0, 0.05) is 22.9 Å². The molecule has 0 saturated carbocycles. The summed E-state index contributed by atoms with van der Waals surface area (Å²) in [6.07, 6.45) is 1.12. The van der Waals surface area contributed by atoms with Gasteiger partial charge in [-0.1, -0.05) is 13.8 Å². The van der Waals surface area contributed by atoms with E-state index in [1.54, 1.807) is 18.9 Å². The minimum absolute atomic E-state index is 0.701. The quantitative estimate of drug-likeness (QED) is 0.446. The Morgan fingerprint density at radius 2 is 2.06 bits per heavy atom. The minimum atomic E-state index is 0.701. The van der Waals surface area contributed by atoms with Gasteiger partial charge in [0.15, 0.2) is 0 Å². The first kappa shape index (κ1) is 15.2. The number of anilines is 1. The summed E-state index contributed by atoms with van der Waals surface area (Å²) in [5.41, 5.74) is 6.70. The third kappa shape index (κ3) is 5.65. The molecule has 0 unspecified atom stereocenters. The Labute approximate surface area is 114 Å². The maximum absolute atomic E-state index is 5.91. The van der Waals surface area contributed by atoms with Gasteiger partial charge < -0.3 is 15.2 Å². The van der Waals surface area contributed by atoms with E-state index in [-0.39, 0.29) is 0 Å². The average Bonchev–Trinajstić information content (AvgIpc) is 2.35. The predicted octanol–water partition coefficient (Wildman–Crippen LogP) is 3.43. The Morgan fingerprint density at radius 1 is 1.28 bits per heavy atom. The molecule has 0 heterocycles. The molecule has 0 saturated heterocycles. The summed E-state index contributed by atoms with van der Waals surface area (Å²) in [6, 6.07) is 5.72. The highest BCUT2D eigenvalue weighted by Gasteiger charge is 2.02. The van der Waals surface area contributed by atoms with Gasteiger partial charge in [0.05, 0.1) is 13.7 Å². The molecule has 0 radical (unpaired) electrons. The minimum Gasteiger partial charge on any atom is -0.497 e. The molecule has 18 heavy (non-hydrogen) atoms. The first-order chi connectivity index (χ1) is 8.63. The average molecular weight is 269 g/mol. The van der Waals surface area contributed by atoms with Crippen LogP contribution in [-0.2, 0) is 4.74 Å². The van der Waals surface area contributed by atoms with Crippen LogP contribution in [-0.4, -0.2) is 26.1 Å². The number of benzene rings is 1. The number of rotatable bonds is 8. The van der Waals surface area contributed by atoms with Crippen LogP contribution in [0.3, 0.4) is 0 Å². The standard InChI is InChI=1S/C14H23NO2S/c1-11(2)6-7-17-8-9-18-14-10-12(16-3)4-5-13(14)15/h4-5,10-11H,6-9,15H2,1-3H3. The van der Waals surface area contributed by atoms with Crippen LogP contribution >= 0.6 is 11.8 Å². The molecule has 0 aliphatic carbocycles.